The second-order valence-corrected chi connectivity index (χ2v) is 7.14. The van der Waals surface area contributed by atoms with Gasteiger partial charge in [0.25, 0.3) is 0 Å². The summed E-state index contributed by atoms with van der Waals surface area (Å²) in [4.78, 5) is 2.62. The monoisotopic (exact) mass is 291 g/mol. The molecule has 2 heterocycles. The molecule has 1 saturated carbocycles. The van der Waals surface area contributed by atoms with Crippen LogP contribution in [0.4, 0.5) is 0 Å². The van der Waals surface area contributed by atoms with Gasteiger partial charge in [-0.3, -0.25) is 4.90 Å². The van der Waals surface area contributed by atoms with E-state index in [9.17, 15) is 0 Å². The fraction of sp³-hybridized carbons (Fsp3) is 0.824. The van der Waals surface area contributed by atoms with Crippen LogP contribution in [-0.4, -0.2) is 35.2 Å². The van der Waals surface area contributed by atoms with Crippen LogP contribution in [0.3, 0.4) is 0 Å². The van der Waals surface area contributed by atoms with Gasteiger partial charge in [-0.05, 0) is 24.7 Å². The number of hydrogen-bond acceptors (Lipinski definition) is 4. The van der Waals surface area contributed by atoms with Crippen molar-refractivity contribution in [2.75, 3.05) is 13.1 Å². The lowest BCUT2D eigenvalue weighted by atomic mass is 9.82. The largest absolute Gasteiger partial charge is 0.364 e. The van der Waals surface area contributed by atoms with Crippen LogP contribution >= 0.6 is 0 Å². The first-order valence-electron chi connectivity index (χ1n) is 8.60. The van der Waals surface area contributed by atoms with Gasteiger partial charge in [-0.1, -0.05) is 38.3 Å². The maximum absolute atomic E-state index is 5.00. The highest BCUT2D eigenvalue weighted by Gasteiger charge is 2.34. The molecule has 2 aliphatic rings. The lowest BCUT2D eigenvalue weighted by molar-refractivity contribution is 0.0641. The molecule has 2 fully saturated rings. The van der Waals surface area contributed by atoms with E-state index in [4.69, 9.17) is 4.52 Å². The van der Waals surface area contributed by atoms with E-state index >= 15 is 0 Å². The molecule has 4 nitrogen and oxygen atoms in total. The third-order valence-corrected chi connectivity index (χ3v) is 5.33. The van der Waals surface area contributed by atoms with Gasteiger partial charge in [0, 0.05) is 37.8 Å². The van der Waals surface area contributed by atoms with Crippen molar-refractivity contribution in [3.63, 3.8) is 0 Å². The second-order valence-electron chi connectivity index (χ2n) is 7.14. The summed E-state index contributed by atoms with van der Waals surface area (Å²) in [7, 11) is 0. The van der Waals surface area contributed by atoms with E-state index in [1.54, 1.807) is 6.26 Å². The Labute approximate surface area is 128 Å². The zero-order chi connectivity index (χ0) is 14.7. The molecule has 2 unspecified atom stereocenters. The van der Waals surface area contributed by atoms with Crippen molar-refractivity contribution in [3.8, 4) is 0 Å². The van der Waals surface area contributed by atoms with E-state index in [0.29, 0.717) is 18.0 Å². The highest BCUT2D eigenvalue weighted by Crippen LogP contribution is 2.29. The van der Waals surface area contributed by atoms with Gasteiger partial charge < -0.3 is 9.84 Å². The summed E-state index contributed by atoms with van der Waals surface area (Å²) in [5.74, 6) is 1.53. The van der Waals surface area contributed by atoms with Crippen molar-refractivity contribution in [2.24, 2.45) is 11.8 Å². The van der Waals surface area contributed by atoms with Crippen LogP contribution < -0.4 is 5.32 Å². The molecular weight excluding hydrogens is 262 g/mol. The molecule has 0 bridgehead atoms. The van der Waals surface area contributed by atoms with E-state index in [-0.39, 0.29) is 0 Å². The molecule has 0 radical (unpaired) electrons. The summed E-state index contributed by atoms with van der Waals surface area (Å²) in [5.41, 5.74) is 1.06. The third kappa shape index (κ3) is 3.67. The van der Waals surface area contributed by atoms with E-state index in [2.05, 4.69) is 29.2 Å². The van der Waals surface area contributed by atoms with E-state index < -0.39 is 0 Å². The Bertz CT molecular complexity index is 412. The fourth-order valence-electron chi connectivity index (χ4n) is 4.07. The second kappa shape index (κ2) is 6.93. The Morgan fingerprint density at radius 3 is 2.81 bits per heavy atom. The summed E-state index contributed by atoms with van der Waals surface area (Å²) in [6.07, 6.45) is 8.75. The number of nitrogens with one attached hydrogen (secondary N) is 1. The quantitative estimate of drug-likeness (QED) is 0.925. The maximum atomic E-state index is 5.00. The molecule has 21 heavy (non-hydrogen) atoms. The van der Waals surface area contributed by atoms with Gasteiger partial charge in [0.1, 0.15) is 6.26 Å². The Morgan fingerprint density at radius 1 is 1.33 bits per heavy atom. The van der Waals surface area contributed by atoms with Gasteiger partial charge in [0.2, 0.25) is 0 Å². The summed E-state index contributed by atoms with van der Waals surface area (Å²) in [5, 5.41) is 7.95. The molecule has 118 valence electrons. The van der Waals surface area contributed by atoms with Crippen LogP contribution in [0.15, 0.2) is 16.9 Å². The lowest BCUT2D eigenvalue weighted by Crippen LogP contribution is -2.60. The van der Waals surface area contributed by atoms with Crippen molar-refractivity contribution in [2.45, 2.75) is 64.6 Å². The van der Waals surface area contributed by atoms with E-state index in [0.717, 1.165) is 31.2 Å². The summed E-state index contributed by atoms with van der Waals surface area (Å²) in [6, 6.07) is 3.25. The number of rotatable bonds is 4. The highest BCUT2D eigenvalue weighted by atomic mass is 16.5. The molecule has 1 N–H and O–H groups in total. The SMILES string of the molecule is CC(C)C1CNC(C2CCCCC2)CN1Cc1ccon1. The maximum Gasteiger partial charge on any atom is 0.124 e. The van der Waals surface area contributed by atoms with Gasteiger partial charge in [-0.25, -0.2) is 0 Å². The van der Waals surface area contributed by atoms with Gasteiger partial charge >= 0.3 is 0 Å². The minimum atomic E-state index is 0.599. The Balaban J connectivity index is 1.65. The summed E-state index contributed by atoms with van der Waals surface area (Å²) in [6.45, 7) is 7.83. The Morgan fingerprint density at radius 2 is 2.14 bits per heavy atom. The normalized spacial score (nSPS) is 29.1. The number of hydrogen-bond donors (Lipinski definition) is 1. The molecule has 3 rings (SSSR count). The minimum absolute atomic E-state index is 0.599. The van der Waals surface area contributed by atoms with Crippen molar-refractivity contribution in [1.29, 1.82) is 0 Å². The smallest absolute Gasteiger partial charge is 0.124 e. The van der Waals surface area contributed by atoms with Crippen molar-refractivity contribution >= 4 is 0 Å². The van der Waals surface area contributed by atoms with Crippen molar-refractivity contribution in [3.05, 3.63) is 18.0 Å². The number of piperazine rings is 1. The van der Waals surface area contributed by atoms with Gasteiger partial charge in [-0.2, -0.15) is 0 Å². The predicted octanol–water partition coefficient (Wildman–Crippen LogP) is 3.05. The van der Waals surface area contributed by atoms with Gasteiger partial charge in [-0.15, -0.1) is 0 Å². The van der Waals surface area contributed by atoms with Crippen LogP contribution in [-0.2, 0) is 6.54 Å². The topological polar surface area (TPSA) is 41.3 Å². The van der Waals surface area contributed by atoms with E-state index in [1.807, 2.05) is 6.07 Å². The summed E-state index contributed by atoms with van der Waals surface area (Å²) >= 11 is 0. The summed E-state index contributed by atoms with van der Waals surface area (Å²) < 4.78 is 5.00. The molecule has 4 heteroatoms. The molecule has 0 spiro atoms. The molecular formula is C17H29N3O. The number of aromatic nitrogens is 1. The molecule has 1 aliphatic heterocycles. The fourth-order valence-corrected chi connectivity index (χ4v) is 4.07. The van der Waals surface area contributed by atoms with Crippen LogP contribution in [0.2, 0.25) is 0 Å². The standard InChI is InChI=1S/C17H29N3O/c1-13(2)17-10-18-16(14-6-4-3-5-7-14)12-20(17)11-15-8-9-21-19-15/h8-9,13-14,16-18H,3-7,10-12H2,1-2H3. The van der Waals surface area contributed by atoms with Crippen LogP contribution in [0.1, 0.15) is 51.6 Å². The average molecular weight is 291 g/mol. The zero-order valence-electron chi connectivity index (χ0n) is 13.4. The molecule has 1 aromatic rings. The highest BCUT2D eigenvalue weighted by molar-refractivity contribution is 4.99. The zero-order valence-corrected chi connectivity index (χ0v) is 13.4. The molecule has 0 aromatic carbocycles. The Hall–Kier alpha value is -0.870. The van der Waals surface area contributed by atoms with Gasteiger partial charge in [0.15, 0.2) is 0 Å². The Kier molecular flexibility index (Phi) is 4.96. The first kappa shape index (κ1) is 15.0. The minimum Gasteiger partial charge on any atom is -0.364 e. The molecule has 1 saturated heterocycles. The first-order valence-corrected chi connectivity index (χ1v) is 8.60. The average Bonchev–Trinajstić information content (AvgIpc) is 3.01. The predicted molar refractivity (Wildman–Crippen MR) is 83.9 cm³/mol. The lowest BCUT2D eigenvalue weighted by Gasteiger charge is -2.45. The molecule has 0 amide bonds. The van der Waals surface area contributed by atoms with Crippen molar-refractivity contribution in [1.82, 2.24) is 15.4 Å². The van der Waals surface area contributed by atoms with Crippen LogP contribution in [0.5, 0.6) is 0 Å². The first-order chi connectivity index (χ1) is 10.2. The van der Waals surface area contributed by atoms with Crippen LogP contribution in [0, 0.1) is 11.8 Å². The van der Waals surface area contributed by atoms with Crippen LogP contribution in [0.25, 0.3) is 0 Å². The third-order valence-electron chi connectivity index (χ3n) is 5.33. The molecule has 2 atom stereocenters. The van der Waals surface area contributed by atoms with Gasteiger partial charge in [0.05, 0.1) is 5.69 Å². The van der Waals surface area contributed by atoms with Crippen molar-refractivity contribution < 1.29 is 4.52 Å². The molecule has 1 aliphatic carbocycles. The molecule has 1 aromatic heterocycles. The van der Waals surface area contributed by atoms with E-state index in [1.165, 1.54) is 32.1 Å². The number of nitrogens with zero attached hydrogens (tertiary/aromatic N) is 2.